The number of morpholine rings is 1. The van der Waals surface area contributed by atoms with Crippen molar-refractivity contribution in [2.45, 2.75) is 63.7 Å². The molecule has 5 nitrogen and oxygen atoms in total. The van der Waals surface area contributed by atoms with Crippen LogP contribution in [-0.2, 0) is 14.3 Å². The van der Waals surface area contributed by atoms with Crippen LogP contribution in [0.2, 0.25) is 0 Å². The molecule has 3 unspecified atom stereocenters. The van der Waals surface area contributed by atoms with E-state index in [0.717, 1.165) is 19.6 Å². The van der Waals surface area contributed by atoms with E-state index in [1.54, 1.807) is 0 Å². The lowest BCUT2D eigenvalue weighted by molar-refractivity contribution is -0.162. The Morgan fingerprint density at radius 2 is 2.19 bits per heavy atom. The molecule has 0 aromatic carbocycles. The zero-order valence-electron chi connectivity index (χ0n) is 13.0. The molecule has 2 aliphatic carbocycles. The Morgan fingerprint density at radius 1 is 1.38 bits per heavy atom. The third-order valence-electron chi connectivity index (χ3n) is 5.47. The van der Waals surface area contributed by atoms with E-state index in [0.29, 0.717) is 19.3 Å². The van der Waals surface area contributed by atoms with Gasteiger partial charge in [0.15, 0.2) is 0 Å². The van der Waals surface area contributed by atoms with Crippen molar-refractivity contribution in [3.8, 4) is 0 Å². The highest BCUT2D eigenvalue weighted by Gasteiger charge is 2.56. The third-order valence-corrected chi connectivity index (χ3v) is 5.47. The van der Waals surface area contributed by atoms with E-state index < -0.39 is 0 Å². The van der Waals surface area contributed by atoms with Crippen LogP contribution in [0.25, 0.3) is 0 Å². The molecule has 1 heterocycles. The molecule has 3 atom stereocenters. The zero-order chi connectivity index (χ0) is 14.7. The first kappa shape index (κ1) is 15.3. The highest BCUT2D eigenvalue weighted by molar-refractivity contribution is 5.81. The summed E-state index contributed by atoms with van der Waals surface area (Å²) in [6.07, 6.45) is 7.17. The van der Waals surface area contributed by atoms with E-state index in [9.17, 15) is 4.79 Å². The van der Waals surface area contributed by atoms with Crippen LogP contribution < -0.4 is 10.6 Å². The van der Waals surface area contributed by atoms with Crippen molar-refractivity contribution in [2.24, 2.45) is 5.41 Å². The molecule has 0 radical (unpaired) electrons. The fourth-order valence-electron chi connectivity index (χ4n) is 4.26. The second kappa shape index (κ2) is 6.63. The van der Waals surface area contributed by atoms with Gasteiger partial charge in [-0.05, 0) is 26.2 Å². The van der Waals surface area contributed by atoms with Crippen LogP contribution in [0.15, 0.2) is 0 Å². The first-order chi connectivity index (χ1) is 10.3. The summed E-state index contributed by atoms with van der Waals surface area (Å²) in [4.78, 5) is 12.4. The highest BCUT2D eigenvalue weighted by Crippen LogP contribution is 2.53. The molecule has 0 aromatic rings. The first-order valence-electron chi connectivity index (χ1n) is 8.50. The van der Waals surface area contributed by atoms with Gasteiger partial charge in [0.05, 0.1) is 12.7 Å². The summed E-state index contributed by atoms with van der Waals surface area (Å²) in [5.74, 6) is 0.0482. The Balaban J connectivity index is 1.60. The van der Waals surface area contributed by atoms with Gasteiger partial charge in [-0.3, -0.25) is 4.79 Å². The van der Waals surface area contributed by atoms with Crippen LogP contribution in [0.5, 0.6) is 0 Å². The summed E-state index contributed by atoms with van der Waals surface area (Å²) in [6, 6.07) is 0.271. The molecular weight excluding hydrogens is 268 g/mol. The Labute approximate surface area is 127 Å². The molecular formula is C16H28N2O3. The molecule has 3 fully saturated rings. The molecule has 120 valence electrons. The average molecular weight is 296 g/mol. The number of carbonyl (C=O) groups is 1. The number of carbonyl (C=O) groups excluding carboxylic acids is 1. The van der Waals surface area contributed by atoms with Gasteiger partial charge in [0, 0.05) is 31.2 Å². The topological polar surface area (TPSA) is 59.6 Å². The van der Waals surface area contributed by atoms with E-state index in [1.807, 2.05) is 0 Å². The van der Waals surface area contributed by atoms with Gasteiger partial charge in [-0.2, -0.15) is 0 Å². The molecule has 2 N–H and O–H groups in total. The molecule has 0 bridgehead atoms. The van der Waals surface area contributed by atoms with Crippen molar-refractivity contribution in [3.63, 3.8) is 0 Å². The van der Waals surface area contributed by atoms with Gasteiger partial charge in [-0.25, -0.2) is 0 Å². The van der Waals surface area contributed by atoms with Gasteiger partial charge in [0.2, 0.25) is 0 Å². The normalized spacial score (nSPS) is 35.2. The fourth-order valence-corrected chi connectivity index (χ4v) is 4.26. The van der Waals surface area contributed by atoms with Gasteiger partial charge >= 0.3 is 0 Å². The largest absolute Gasteiger partial charge is 0.378 e. The Hall–Kier alpha value is -0.650. The minimum atomic E-state index is -0.328. The van der Waals surface area contributed by atoms with E-state index in [4.69, 9.17) is 9.47 Å². The maximum Gasteiger partial charge on any atom is 0.250 e. The van der Waals surface area contributed by atoms with Gasteiger partial charge in [-0.1, -0.05) is 19.3 Å². The van der Waals surface area contributed by atoms with E-state index in [2.05, 4.69) is 17.6 Å². The number of ether oxygens (including phenoxy) is 2. The molecule has 0 aromatic heterocycles. The standard InChI is InChI=1S/C16H28N2O3/c1-2-20-14-10-13(16(14)6-4-3-5-7-16)18-15(19)12-11-17-8-9-21-12/h12-14,17H,2-11H2,1H3,(H,18,19). The lowest BCUT2D eigenvalue weighted by Gasteiger charge is -2.57. The van der Waals surface area contributed by atoms with Crippen LogP contribution in [0, 0.1) is 5.41 Å². The average Bonchev–Trinajstić information content (AvgIpc) is 2.55. The molecule has 1 amide bonds. The highest BCUT2D eigenvalue weighted by atomic mass is 16.5. The molecule has 1 aliphatic heterocycles. The number of hydrogen-bond donors (Lipinski definition) is 2. The van der Waals surface area contributed by atoms with Crippen LogP contribution in [0.1, 0.15) is 45.4 Å². The molecule has 5 heteroatoms. The van der Waals surface area contributed by atoms with Crippen LogP contribution >= 0.6 is 0 Å². The molecule has 1 spiro atoms. The summed E-state index contributed by atoms with van der Waals surface area (Å²) < 4.78 is 11.5. The van der Waals surface area contributed by atoms with Gasteiger partial charge in [0.1, 0.15) is 6.10 Å². The summed E-state index contributed by atoms with van der Waals surface area (Å²) in [5.41, 5.74) is 0.187. The van der Waals surface area contributed by atoms with Crippen molar-refractivity contribution < 1.29 is 14.3 Å². The van der Waals surface area contributed by atoms with E-state index in [-0.39, 0.29) is 23.5 Å². The predicted octanol–water partition coefficient (Wildman–Crippen LogP) is 1.22. The van der Waals surface area contributed by atoms with E-state index in [1.165, 1.54) is 32.1 Å². The lowest BCUT2D eigenvalue weighted by Crippen LogP contribution is -2.67. The van der Waals surface area contributed by atoms with Gasteiger partial charge in [-0.15, -0.1) is 0 Å². The van der Waals surface area contributed by atoms with Crippen molar-refractivity contribution in [3.05, 3.63) is 0 Å². The second-order valence-electron chi connectivity index (χ2n) is 6.60. The Morgan fingerprint density at radius 3 is 2.86 bits per heavy atom. The molecule has 1 saturated heterocycles. The SMILES string of the molecule is CCOC1CC(NC(=O)C2CNCCO2)C12CCCCC2. The summed E-state index contributed by atoms with van der Waals surface area (Å²) in [7, 11) is 0. The van der Waals surface area contributed by atoms with E-state index >= 15 is 0 Å². The summed E-state index contributed by atoms with van der Waals surface area (Å²) in [5, 5.41) is 6.47. The second-order valence-corrected chi connectivity index (χ2v) is 6.60. The molecule has 2 saturated carbocycles. The van der Waals surface area contributed by atoms with Crippen molar-refractivity contribution in [1.82, 2.24) is 10.6 Å². The van der Waals surface area contributed by atoms with Crippen LogP contribution in [0.4, 0.5) is 0 Å². The minimum absolute atomic E-state index is 0.0482. The lowest BCUT2D eigenvalue weighted by atomic mass is 9.55. The first-order valence-corrected chi connectivity index (χ1v) is 8.50. The maximum atomic E-state index is 12.4. The predicted molar refractivity (Wildman–Crippen MR) is 80.1 cm³/mol. The van der Waals surface area contributed by atoms with Crippen LogP contribution in [0.3, 0.4) is 0 Å². The minimum Gasteiger partial charge on any atom is -0.378 e. The Kier molecular flexibility index (Phi) is 4.82. The summed E-state index contributed by atoms with van der Waals surface area (Å²) in [6.45, 7) is 4.91. The summed E-state index contributed by atoms with van der Waals surface area (Å²) >= 11 is 0. The quantitative estimate of drug-likeness (QED) is 0.819. The van der Waals surface area contributed by atoms with Crippen LogP contribution in [-0.4, -0.2) is 50.5 Å². The van der Waals surface area contributed by atoms with Crippen molar-refractivity contribution in [2.75, 3.05) is 26.3 Å². The fraction of sp³-hybridized carbons (Fsp3) is 0.938. The Bertz CT molecular complexity index is 363. The molecule has 21 heavy (non-hydrogen) atoms. The van der Waals surface area contributed by atoms with Crippen molar-refractivity contribution >= 4 is 5.91 Å². The van der Waals surface area contributed by atoms with Crippen molar-refractivity contribution in [1.29, 1.82) is 0 Å². The number of rotatable bonds is 4. The smallest absolute Gasteiger partial charge is 0.250 e. The van der Waals surface area contributed by atoms with Gasteiger partial charge in [0.25, 0.3) is 5.91 Å². The third kappa shape index (κ3) is 2.96. The molecule has 3 aliphatic rings. The number of hydrogen-bond acceptors (Lipinski definition) is 4. The number of amides is 1. The monoisotopic (exact) mass is 296 g/mol. The number of nitrogens with one attached hydrogen (secondary N) is 2. The molecule has 3 rings (SSSR count). The zero-order valence-corrected chi connectivity index (χ0v) is 13.0. The van der Waals surface area contributed by atoms with Gasteiger partial charge < -0.3 is 20.1 Å². The maximum absolute atomic E-state index is 12.4.